The Hall–Kier alpha value is -2.07. The Morgan fingerprint density at radius 2 is 2.00 bits per heavy atom. The van der Waals surface area contributed by atoms with E-state index in [1.165, 1.54) is 12.1 Å². The lowest BCUT2D eigenvalue weighted by atomic mass is 10.2. The molecule has 0 aliphatic heterocycles. The van der Waals surface area contributed by atoms with Crippen molar-refractivity contribution in [1.82, 2.24) is 0 Å². The fraction of sp³-hybridized carbons (Fsp3) is 0. The van der Waals surface area contributed by atoms with Crippen molar-refractivity contribution >= 4 is 17.6 Å². The molecule has 3 nitrogen and oxygen atoms in total. The molecule has 0 fully saturated rings. The molecule has 92 valence electrons. The molecule has 0 radical (unpaired) electrons. The summed E-state index contributed by atoms with van der Waals surface area (Å²) in [6.07, 6.45) is 0. The molecule has 0 aliphatic carbocycles. The number of rotatable bonds is 3. The van der Waals surface area contributed by atoms with Gasteiger partial charge in [0.2, 0.25) is 0 Å². The first-order valence-corrected chi connectivity index (χ1v) is 5.40. The second-order valence-electron chi connectivity index (χ2n) is 3.51. The SMILES string of the molecule is O=C(O)c1cc(F)ccc1Oc1cccc(Cl)c1. The minimum atomic E-state index is -1.26. The molecular formula is C13H8ClFO3. The van der Waals surface area contributed by atoms with Crippen molar-refractivity contribution < 1.29 is 19.0 Å². The summed E-state index contributed by atoms with van der Waals surface area (Å²) in [5, 5.41) is 9.41. The highest BCUT2D eigenvalue weighted by Crippen LogP contribution is 2.27. The molecule has 0 amide bonds. The van der Waals surface area contributed by atoms with E-state index in [0.717, 1.165) is 12.1 Å². The highest BCUT2D eigenvalue weighted by atomic mass is 35.5. The molecule has 0 aliphatic rings. The van der Waals surface area contributed by atoms with Crippen molar-refractivity contribution in [3.8, 4) is 11.5 Å². The third kappa shape index (κ3) is 2.78. The summed E-state index contributed by atoms with van der Waals surface area (Å²) in [5.74, 6) is -1.44. The molecule has 2 aromatic carbocycles. The number of carboxylic acids is 1. The lowest BCUT2D eigenvalue weighted by Crippen LogP contribution is -2.00. The number of benzene rings is 2. The molecule has 2 rings (SSSR count). The van der Waals surface area contributed by atoms with Crippen LogP contribution in [0, 0.1) is 5.82 Å². The van der Waals surface area contributed by atoms with Crippen molar-refractivity contribution in [3.63, 3.8) is 0 Å². The first-order valence-electron chi connectivity index (χ1n) is 5.02. The summed E-state index contributed by atoms with van der Waals surface area (Å²) in [5.41, 5.74) is -0.241. The van der Waals surface area contributed by atoms with Crippen LogP contribution >= 0.6 is 11.6 Å². The fourth-order valence-corrected chi connectivity index (χ4v) is 1.60. The van der Waals surface area contributed by atoms with E-state index in [1.54, 1.807) is 18.2 Å². The third-order valence-electron chi connectivity index (χ3n) is 2.20. The summed E-state index contributed by atoms with van der Waals surface area (Å²) in [4.78, 5) is 11.0. The summed E-state index contributed by atoms with van der Waals surface area (Å²) in [6, 6.07) is 9.80. The standard InChI is InChI=1S/C13H8ClFO3/c14-8-2-1-3-10(6-8)18-12-5-4-9(15)7-11(12)13(16)17/h1-7H,(H,16,17). The molecule has 0 aromatic heterocycles. The maximum atomic E-state index is 13.0. The first kappa shape index (κ1) is 12.4. The van der Waals surface area contributed by atoms with Crippen molar-refractivity contribution in [2.45, 2.75) is 0 Å². The number of aromatic carboxylic acids is 1. The number of carboxylic acid groups (broad SMARTS) is 1. The van der Waals surface area contributed by atoms with Crippen LogP contribution in [0.2, 0.25) is 5.02 Å². The van der Waals surface area contributed by atoms with Gasteiger partial charge < -0.3 is 9.84 Å². The Bertz CT molecular complexity index is 599. The molecule has 0 saturated carbocycles. The van der Waals surface area contributed by atoms with Gasteiger partial charge in [0.05, 0.1) is 0 Å². The molecule has 2 aromatic rings. The van der Waals surface area contributed by atoms with Crippen molar-refractivity contribution in [2.75, 3.05) is 0 Å². The van der Waals surface area contributed by atoms with E-state index >= 15 is 0 Å². The van der Waals surface area contributed by atoms with Crippen LogP contribution < -0.4 is 4.74 Å². The molecule has 0 unspecified atom stereocenters. The maximum Gasteiger partial charge on any atom is 0.339 e. The van der Waals surface area contributed by atoms with E-state index in [0.29, 0.717) is 10.8 Å². The second-order valence-corrected chi connectivity index (χ2v) is 3.94. The highest BCUT2D eigenvalue weighted by molar-refractivity contribution is 6.30. The van der Waals surface area contributed by atoms with Crippen LogP contribution in [-0.2, 0) is 0 Å². The molecule has 0 bridgehead atoms. The predicted molar refractivity (Wildman–Crippen MR) is 64.9 cm³/mol. The van der Waals surface area contributed by atoms with Gasteiger partial charge >= 0.3 is 5.97 Å². The monoisotopic (exact) mass is 266 g/mol. The van der Waals surface area contributed by atoms with E-state index in [4.69, 9.17) is 21.4 Å². The van der Waals surface area contributed by atoms with Crippen LogP contribution in [0.15, 0.2) is 42.5 Å². The molecule has 0 heterocycles. The molecule has 1 N–H and O–H groups in total. The minimum Gasteiger partial charge on any atom is -0.478 e. The van der Waals surface area contributed by atoms with E-state index in [2.05, 4.69) is 0 Å². The molecule has 5 heteroatoms. The minimum absolute atomic E-state index is 0.0613. The predicted octanol–water partition coefficient (Wildman–Crippen LogP) is 3.97. The van der Waals surface area contributed by atoms with Gasteiger partial charge in [-0.3, -0.25) is 0 Å². The van der Waals surface area contributed by atoms with Crippen LogP contribution in [0.25, 0.3) is 0 Å². The van der Waals surface area contributed by atoms with E-state index in [1.807, 2.05) is 0 Å². The second kappa shape index (κ2) is 5.06. The number of halogens is 2. The molecule has 0 saturated heterocycles. The maximum absolute atomic E-state index is 13.0. The molecule has 0 atom stereocenters. The summed E-state index contributed by atoms with van der Waals surface area (Å²) < 4.78 is 18.3. The average Bonchev–Trinajstić information content (AvgIpc) is 2.31. The summed E-state index contributed by atoms with van der Waals surface area (Å²) in [7, 11) is 0. The van der Waals surface area contributed by atoms with Crippen LogP contribution in [0.5, 0.6) is 11.5 Å². The van der Waals surface area contributed by atoms with E-state index < -0.39 is 11.8 Å². The lowest BCUT2D eigenvalue weighted by molar-refractivity contribution is 0.0693. The molecule has 18 heavy (non-hydrogen) atoms. The van der Waals surface area contributed by atoms with Crippen LogP contribution in [0.1, 0.15) is 10.4 Å². The quantitative estimate of drug-likeness (QED) is 0.914. The van der Waals surface area contributed by atoms with Crippen molar-refractivity contribution in [3.05, 3.63) is 58.9 Å². The summed E-state index contributed by atoms with van der Waals surface area (Å²) >= 11 is 5.78. The highest BCUT2D eigenvalue weighted by Gasteiger charge is 2.13. The van der Waals surface area contributed by atoms with Gasteiger partial charge in [-0.2, -0.15) is 0 Å². The van der Waals surface area contributed by atoms with E-state index in [-0.39, 0.29) is 11.3 Å². The smallest absolute Gasteiger partial charge is 0.339 e. The largest absolute Gasteiger partial charge is 0.478 e. The summed E-state index contributed by atoms with van der Waals surface area (Å²) in [6.45, 7) is 0. The Labute approximate surface area is 107 Å². The van der Waals surface area contributed by atoms with Crippen molar-refractivity contribution in [2.24, 2.45) is 0 Å². The molecule has 0 spiro atoms. The average molecular weight is 267 g/mol. The molecular weight excluding hydrogens is 259 g/mol. The zero-order chi connectivity index (χ0) is 13.1. The van der Waals surface area contributed by atoms with Crippen molar-refractivity contribution in [1.29, 1.82) is 0 Å². The van der Waals surface area contributed by atoms with Crippen LogP contribution in [-0.4, -0.2) is 11.1 Å². The fourth-order valence-electron chi connectivity index (χ4n) is 1.42. The number of ether oxygens (including phenoxy) is 1. The number of carbonyl (C=O) groups is 1. The Morgan fingerprint density at radius 3 is 2.67 bits per heavy atom. The van der Waals surface area contributed by atoms with Gasteiger partial charge in [0, 0.05) is 5.02 Å². The Morgan fingerprint density at radius 1 is 1.22 bits per heavy atom. The Balaban J connectivity index is 2.37. The van der Waals surface area contributed by atoms with Gasteiger partial charge in [-0.15, -0.1) is 0 Å². The van der Waals surface area contributed by atoms with Gasteiger partial charge in [0.15, 0.2) is 0 Å². The topological polar surface area (TPSA) is 46.5 Å². The van der Waals surface area contributed by atoms with Gasteiger partial charge in [0.25, 0.3) is 0 Å². The zero-order valence-corrected chi connectivity index (χ0v) is 9.82. The first-order chi connectivity index (χ1) is 8.56. The normalized spacial score (nSPS) is 10.1. The van der Waals surface area contributed by atoms with Gasteiger partial charge in [-0.25, -0.2) is 9.18 Å². The number of hydrogen-bond donors (Lipinski definition) is 1. The Kier molecular flexibility index (Phi) is 3.48. The van der Waals surface area contributed by atoms with Gasteiger partial charge in [0.1, 0.15) is 22.9 Å². The lowest BCUT2D eigenvalue weighted by Gasteiger charge is -2.08. The van der Waals surface area contributed by atoms with Gasteiger partial charge in [-0.1, -0.05) is 17.7 Å². The van der Waals surface area contributed by atoms with E-state index in [9.17, 15) is 9.18 Å². The van der Waals surface area contributed by atoms with Crippen LogP contribution in [0.4, 0.5) is 4.39 Å². The van der Waals surface area contributed by atoms with Gasteiger partial charge in [-0.05, 0) is 36.4 Å². The zero-order valence-electron chi connectivity index (χ0n) is 9.06. The number of hydrogen-bond acceptors (Lipinski definition) is 2. The van der Waals surface area contributed by atoms with Crippen LogP contribution in [0.3, 0.4) is 0 Å². The third-order valence-corrected chi connectivity index (χ3v) is 2.43.